The zero-order chi connectivity index (χ0) is 21.7. The summed E-state index contributed by atoms with van der Waals surface area (Å²) in [6.07, 6.45) is 1.36. The van der Waals surface area contributed by atoms with Gasteiger partial charge in [0.15, 0.2) is 5.65 Å². The van der Waals surface area contributed by atoms with E-state index in [-0.39, 0.29) is 17.8 Å². The lowest BCUT2D eigenvalue weighted by atomic mass is 10.1. The maximum absolute atomic E-state index is 14.8. The van der Waals surface area contributed by atoms with Gasteiger partial charge in [-0.1, -0.05) is 30.3 Å². The van der Waals surface area contributed by atoms with Crippen molar-refractivity contribution in [3.63, 3.8) is 0 Å². The van der Waals surface area contributed by atoms with Crippen molar-refractivity contribution in [2.75, 3.05) is 5.73 Å². The standard InChI is InChI=1S/C22H16BrFN6O/c1-12-5-4-6-13-9-14(10-29-21-18(19(23)28-29)20(25)26-11-27-21)30(22(31)17(12)13)16-8-3-2-7-15(16)24/h2-9,11H,10H2,1H3,(H2,25,26,27). The summed E-state index contributed by atoms with van der Waals surface area (Å²) in [5, 5.41) is 6.38. The van der Waals surface area contributed by atoms with Gasteiger partial charge in [0, 0.05) is 5.69 Å². The molecule has 5 aromatic rings. The third-order valence-corrected chi connectivity index (χ3v) is 5.81. The van der Waals surface area contributed by atoms with Crippen LogP contribution in [-0.2, 0) is 6.54 Å². The molecule has 0 amide bonds. The number of nitrogens with zero attached hydrogens (tertiary/aromatic N) is 5. The first-order valence-electron chi connectivity index (χ1n) is 9.47. The molecule has 0 aliphatic carbocycles. The molecule has 154 valence electrons. The highest BCUT2D eigenvalue weighted by Gasteiger charge is 2.19. The van der Waals surface area contributed by atoms with Crippen LogP contribution in [0.3, 0.4) is 0 Å². The monoisotopic (exact) mass is 478 g/mol. The molecule has 0 aliphatic rings. The summed E-state index contributed by atoms with van der Waals surface area (Å²) < 4.78 is 18.3. The highest BCUT2D eigenvalue weighted by Crippen LogP contribution is 2.27. The molecule has 0 atom stereocenters. The minimum atomic E-state index is -0.489. The highest BCUT2D eigenvalue weighted by atomic mass is 79.9. The minimum Gasteiger partial charge on any atom is -0.383 e. The van der Waals surface area contributed by atoms with Gasteiger partial charge in [0.05, 0.1) is 23.0 Å². The summed E-state index contributed by atoms with van der Waals surface area (Å²) in [6.45, 7) is 2.04. The third kappa shape index (κ3) is 3.09. The number of aromatic nitrogens is 5. The molecule has 0 bridgehead atoms. The molecule has 5 rings (SSSR count). The second kappa shape index (κ2) is 7.28. The van der Waals surface area contributed by atoms with Crippen LogP contribution in [0.1, 0.15) is 11.3 Å². The largest absolute Gasteiger partial charge is 0.383 e. The van der Waals surface area contributed by atoms with Gasteiger partial charge in [-0.3, -0.25) is 9.36 Å². The number of pyridine rings is 1. The van der Waals surface area contributed by atoms with Crippen LogP contribution in [0, 0.1) is 12.7 Å². The molecule has 0 unspecified atom stereocenters. The van der Waals surface area contributed by atoms with Gasteiger partial charge in [0.1, 0.15) is 22.6 Å². The van der Waals surface area contributed by atoms with Gasteiger partial charge >= 0.3 is 0 Å². The Bertz CT molecular complexity index is 1540. The van der Waals surface area contributed by atoms with Crippen molar-refractivity contribution in [2.24, 2.45) is 0 Å². The lowest BCUT2D eigenvalue weighted by Crippen LogP contribution is -2.25. The van der Waals surface area contributed by atoms with Crippen molar-refractivity contribution in [3.05, 3.63) is 86.9 Å². The molecule has 0 radical (unpaired) electrons. The zero-order valence-corrected chi connectivity index (χ0v) is 18.0. The van der Waals surface area contributed by atoms with E-state index in [1.807, 2.05) is 31.2 Å². The van der Waals surface area contributed by atoms with Crippen LogP contribution in [0.5, 0.6) is 0 Å². The van der Waals surface area contributed by atoms with Gasteiger partial charge in [0.25, 0.3) is 5.56 Å². The average molecular weight is 479 g/mol. The van der Waals surface area contributed by atoms with Crippen LogP contribution in [0.2, 0.25) is 0 Å². The fraction of sp³-hybridized carbons (Fsp3) is 0.0909. The molecule has 2 N–H and O–H groups in total. The molecule has 0 saturated carbocycles. The number of halogens is 2. The van der Waals surface area contributed by atoms with Crippen LogP contribution in [0.25, 0.3) is 27.5 Å². The summed E-state index contributed by atoms with van der Waals surface area (Å²) in [7, 11) is 0. The Balaban J connectivity index is 1.82. The minimum absolute atomic E-state index is 0.173. The molecule has 2 aromatic carbocycles. The lowest BCUT2D eigenvalue weighted by Gasteiger charge is -2.16. The van der Waals surface area contributed by atoms with E-state index in [0.717, 1.165) is 10.9 Å². The van der Waals surface area contributed by atoms with E-state index in [4.69, 9.17) is 5.73 Å². The number of hydrogen-bond acceptors (Lipinski definition) is 5. The summed E-state index contributed by atoms with van der Waals surface area (Å²) in [4.78, 5) is 21.9. The molecule has 9 heteroatoms. The Morgan fingerprint density at radius 1 is 1.10 bits per heavy atom. The molecule has 7 nitrogen and oxygen atoms in total. The molecule has 0 saturated heterocycles. The van der Waals surface area contributed by atoms with Crippen molar-refractivity contribution >= 4 is 43.6 Å². The van der Waals surface area contributed by atoms with Crippen molar-refractivity contribution in [2.45, 2.75) is 13.5 Å². The van der Waals surface area contributed by atoms with Crippen molar-refractivity contribution in [1.82, 2.24) is 24.3 Å². The summed E-state index contributed by atoms with van der Waals surface area (Å²) in [6, 6.07) is 13.7. The van der Waals surface area contributed by atoms with Crippen molar-refractivity contribution in [3.8, 4) is 5.69 Å². The van der Waals surface area contributed by atoms with E-state index < -0.39 is 5.82 Å². The van der Waals surface area contributed by atoms with E-state index >= 15 is 0 Å². The SMILES string of the molecule is Cc1cccc2cc(Cn3nc(Br)c4c(N)ncnc43)n(-c3ccccc3F)c(=O)c12. The molecule has 0 aliphatic heterocycles. The van der Waals surface area contributed by atoms with Crippen molar-refractivity contribution < 1.29 is 4.39 Å². The highest BCUT2D eigenvalue weighted by molar-refractivity contribution is 9.10. The molecule has 3 aromatic heterocycles. The first-order chi connectivity index (χ1) is 15.0. The van der Waals surface area contributed by atoms with E-state index in [9.17, 15) is 9.18 Å². The van der Waals surface area contributed by atoms with Crippen molar-refractivity contribution in [1.29, 1.82) is 0 Å². The fourth-order valence-electron chi connectivity index (χ4n) is 3.85. The number of fused-ring (bicyclic) bond motifs is 2. The first kappa shape index (κ1) is 19.4. The van der Waals surface area contributed by atoms with Crippen LogP contribution >= 0.6 is 15.9 Å². The van der Waals surface area contributed by atoms with Gasteiger partial charge < -0.3 is 5.73 Å². The molecule has 3 heterocycles. The summed E-state index contributed by atoms with van der Waals surface area (Å²) in [5.74, 6) is -0.194. The molecule has 0 spiro atoms. The zero-order valence-electron chi connectivity index (χ0n) is 16.4. The van der Waals surface area contributed by atoms with E-state index in [2.05, 4.69) is 31.0 Å². The number of hydrogen-bond donors (Lipinski definition) is 1. The fourth-order valence-corrected chi connectivity index (χ4v) is 4.42. The van der Waals surface area contributed by atoms with Gasteiger partial charge in [-0.15, -0.1) is 0 Å². The predicted octanol–water partition coefficient (Wildman–Crippen LogP) is 3.97. The summed E-state index contributed by atoms with van der Waals surface area (Å²) >= 11 is 3.40. The number of anilines is 1. The average Bonchev–Trinajstić information content (AvgIpc) is 3.05. The lowest BCUT2D eigenvalue weighted by molar-refractivity contribution is 0.606. The second-order valence-electron chi connectivity index (χ2n) is 7.17. The number of nitrogens with two attached hydrogens (primary N) is 1. The van der Waals surface area contributed by atoms with Crippen LogP contribution in [0.4, 0.5) is 10.2 Å². The topological polar surface area (TPSA) is 91.6 Å². The summed E-state index contributed by atoms with van der Waals surface area (Å²) in [5.41, 5.74) is 7.76. The quantitative estimate of drug-likeness (QED) is 0.423. The van der Waals surface area contributed by atoms with Gasteiger partial charge in [0.2, 0.25) is 0 Å². The first-order valence-corrected chi connectivity index (χ1v) is 10.3. The molecule has 31 heavy (non-hydrogen) atoms. The van der Waals surface area contributed by atoms with E-state index in [1.165, 1.54) is 17.0 Å². The molecule has 0 fully saturated rings. The third-order valence-electron chi connectivity index (χ3n) is 5.25. The van der Waals surface area contributed by atoms with E-state index in [1.54, 1.807) is 22.9 Å². The van der Waals surface area contributed by atoms with Crippen LogP contribution < -0.4 is 11.3 Å². The number of rotatable bonds is 3. The number of nitrogen functional groups attached to an aromatic ring is 1. The van der Waals surface area contributed by atoms with Crippen LogP contribution in [-0.4, -0.2) is 24.3 Å². The Morgan fingerprint density at radius 3 is 2.71 bits per heavy atom. The normalized spacial score (nSPS) is 11.5. The van der Waals surface area contributed by atoms with E-state index in [0.29, 0.717) is 32.5 Å². The van der Waals surface area contributed by atoms with Gasteiger partial charge in [-0.2, -0.15) is 5.10 Å². The molecular weight excluding hydrogens is 463 g/mol. The van der Waals surface area contributed by atoms with Gasteiger partial charge in [-0.05, 0) is 52.0 Å². The van der Waals surface area contributed by atoms with Crippen LogP contribution in [0.15, 0.2) is 64.3 Å². The maximum atomic E-state index is 14.8. The number of benzene rings is 2. The predicted molar refractivity (Wildman–Crippen MR) is 121 cm³/mol. The Labute approximate surface area is 184 Å². The Hall–Kier alpha value is -3.59. The van der Waals surface area contributed by atoms with Gasteiger partial charge in [-0.25, -0.2) is 19.0 Å². The maximum Gasteiger partial charge on any atom is 0.263 e. The molecular formula is C22H16BrFN6O. The second-order valence-corrected chi connectivity index (χ2v) is 7.92. The Morgan fingerprint density at radius 2 is 1.90 bits per heavy atom. The smallest absolute Gasteiger partial charge is 0.263 e. The Kier molecular flexibility index (Phi) is 4.55. The number of para-hydroxylation sites is 1. The number of aryl methyl sites for hydroxylation is 1.